The quantitative estimate of drug-likeness (QED) is 0.774. The summed E-state index contributed by atoms with van der Waals surface area (Å²) in [5, 5.41) is 10.9. The van der Waals surface area contributed by atoms with Crippen molar-refractivity contribution in [1.82, 2.24) is 10.2 Å². The fourth-order valence-electron chi connectivity index (χ4n) is 1.94. The molecule has 1 fully saturated rings. The van der Waals surface area contributed by atoms with E-state index in [1.807, 2.05) is 6.92 Å². The van der Waals surface area contributed by atoms with Gasteiger partial charge in [0.25, 0.3) is 0 Å². The topological polar surface area (TPSA) is 95.9 Å². The van der Waals surface area contributed by atoms with Crippen LogP contribution in [0.25, 0.3) is 0 Å². The second kappa shape index (κ2) is 7.08. The van der Waals surface area contributed by atoms with E-state index < -0.39 is 17.9 Å². The molecule has 0 spiro atoms. The highest BCUT2D eigenvalue weighted by Crippen LogP contribution is 2.08. The van der Waals surface area contributed by atoms with E-state index in [1.54, 1.807) is 6.92 Å². The van der Waals surface area contributed by atoms with Gasteiger partial charge in [-0.2, -0.15) is 0 Å². The van der Waals surface area contributed by atoms with Gasteiger partial charge in [-0.05, 0) is 12.8 Å². The molecule has 2 unspecified atom stereocenters. The number of nitrogens with one attached hydrogen (secondary N) is 1. The molecule has 0 radical (unpaired) electrons. The number of carboxylic acids is 1. The summed E-state index contributed by atoms with van der Waals surface area (Å²) in [6, 6.07) is -0.442. The van der Waals surface area contributed by atoms with Gasteiger partial charge in [0.1, 0.15) is 0 Å². The predicted molar refractivity (Wildman–Crippen MR) is 66.6 cm³/mol. The fourth-order valence-corrected chi connectivity index (χ4v) is 1.94. The fraction of sp³-hybridized carbons (Fsp3) is 0.750. The molecule has 1 rings (SSSR count). The number of morpholine rings is 1. The number of aliphatic carboxylic acids is 1. The van der Waals surface area contributed by atoms with E-state index in [4.69, 9.17) is 9.84 Å². The van der Waals surface area contributed by atoms with Crippen LogP contribution in [-0.2, 0) is 14.3 Å². The maximum absolute atomic E-state index is 11.8. The van der Waals surface area contributed by atoms with Crippen molar-refractivity contribution in [3.63, 3.8) is 0 Å². The average Bonchev–Trinajstić information content (AvgIpc) is 2.27. The summed E-state index contributed by atoms with van der Waals surface area (Å²) in [5.74, 6) is -1.69. The van der Waals surface area contributed by atoms with Crippen LogP contribution in [0.3, 0.4) is 0 Å². The second-order valence-electron chi connectivity index (χ2n) is 4.89. The van der Waals surface area contributed by atoms with Gasteiger partial charge < -0.3 is 14.7 Å². The van der Waals surface area contributed by atoms with Gasteiger partial charge in [-0.25, -0.2) is 4.79 Å². The third-order valence-electron chi connectivity index (χ3n) is 2.83. The van der Waals surface area contributed by atoms with Crippen molar-refractivity contribution in [2.45, 2.75) is 32.8 Å². The number of rotatable bonds is 4. The minimum Gasteiger partial charge on any atom is -0.481 e. The number of amides is 3. The molecule has 1 saturated heterocycles. The van der Waals surface area contributed by atoms with Gasteiger partial charge in [-0.1, -0.05) is 6.92 Å². The molecule has 0 saturated carbocycles. The zero-order chi connectivity index (χ0) is 14.4. The van der Waals surface area contributed by atoms with Crippen molar-refractivity contribution >= 4 is 17.9 Å². The molecule has 7 nitrogen and oxygen atoms in total. The highest BCUT2D eigenvalue weighted by molar-refractivity contribution is 5.94. The summed E-state index contributed by atoms with van der Waals surface area (Å²) in [6.07, 6.45) is -0.103. The van der Waals surface area contributed by atoms with Crippen molar-refractivity contribution in [2.24, 2.45) is 5.92 Å². The van der Waals surface area contributed by atoms with E-state index in [0.717, 1.165) is 0 Å². The zero-order valence-corrected chi connectivity index (χ0v) is 11.2. The first-order valence-electron chi connectivity index (χ1n) is 6.30. The van der Waals surface area contributed by atoms with E-state index in [2.05, 4.69) is 5.32 Å². The largest absolute Gasteiger partial charge is 0.481 e. The lowest BCUT2D eigenvalue weighted by Gasteiger charge is -2.30. The lowest BCUT2D eigenvalue weighted by Crippen LogP contribution is -2.50. The number of imide groups is 1. The van der Waals surface area contributed by atoms with Crippen LogP contribution >= 0.6 is 0 Å². The summed E-state index contributed by atoms with van der Waals surface area (Å²) in [4.78, 5) is 35.4. The number of ether oxygens (including phenoxy) is 1. The van der Waals surface area contributed by atoms with Gasteiger partial charge in [-0.3, -0.25) is 14.9 Å². The van der Waals surface area contributed by atoms with E-state index in [1.165, 1.54) is 4.90 Å². The van der Waals surface area contributed by atoms with Crippen LogP contribution in [0, 0.1) is 5.92 Å². The molecule has 0 aromatic heterocycles. The third-order valence-corrected chi connectivity index (χ3v) is 2.83. The van der Waals surface area contributed by atoms with Crippen LogP contribution in [0.4, 0.5) is 4.79 Å². The number of hydrogen-bond acceptors (Lipinski definition) is 4. The van der Waals surface area contributed by atoms with Crippen LogP contribution in [0.2, 0.25) is 0 Å². The van der Waals surface area contributed by atoms with Crippen molar-refractivity contribution in [1.29, 1.82) is 0 Å². The van der Waals surface area contributed by atoms with E-state index >= 15 is 0 Å². The average molecular weight is 272 g/mol. The normalized spacial score (nSPS) is 20.7. The van der Waals surface area contributed by atoms with Gasteiger partial charge in [0.2, 0.25) is 5.91 Å². The Kier molecular flexibility index (Phi) is 5.75. The maximum Gasteiger partial charge on any atom is 0.324 e. The molecule has 0 aliphatic carbocycles. The van der Waals surface area contributed by atoms with E-state index in [9.17, 15) is 14.4 Å². The Labute approximate surface area is 111 Å². The lowest BCUT2D eigenvalue weighted by molar-refractivity contribution is -0.138. The minimum absolute atomic E-state index is 0.0257. The molecule has 3 amide bonds. The van der Waals surface area contributed by atoms with Gasteiger partial charge in [0.05, 0.1) is 12.7 Å². The third kappa shape index (κ3) is 5.69. The summed E-state index contributed by atoms with van der Waals surface area (Å²) < 4.78 is 5.30. The van der Waals surface area contributed by atoms with Gasteiger partial charge in [0, 0.05) is 25.9 Å². The smallest absolute Gasteiger partial charge is 0.324 e. The standard InChI is InChI=1S/C12H20N2O5/c1-8(6-11(16)17)5-10(15)13-12(18)14-3-4-19-9(2)7-14/h8-9H,3-7H2,1-2H3,(H,16,17)(H,13,15,18). The summed E-state index contributed by atoms with van der Waals surface area (Å²) in [5.41, 5.74) is 0. The maximum atomic E-state index is 11.8. The molecule has 0 aromatic rings. The minimum atomic E-state index is -0.950. The first-order valence-corrected chi connectivity index (χ1v) is 6.30. The van der Waals surface area contributed by atoms with Crippen LogP contribution in [0.15, 0.2) is 0 Å². The molecule has 0 aromatic carbocycles. The Morgan fingerprint density at radius 3 is 2.68 bits per heavy atom. The molecule has 2 atom stereocenters. The van der Waals surface area contributed by atoms with Crippen LogP contribution in [0.1, 0.15) is 26.7 Å². The van der Waals surface area contributed by atoms with Crippen molar-refractivity contribution in [2.75, 3.05) is 19.7 Å². The molecule has 2 N–H and O–H groups in total. The van der Waals surface area contributed by atoms with E-state index in [0.29, 0.717) is 19.7 Å². The van der Waals surface area contributed by atoms with Crippen molar-refractivity contribution in [3.8, 4) is 0 Å². The number of carbonyl (C=O) groups excluding carboxylic acids is 2. The Bertz CT molecular complexity index is 358. The Morgan fingerprint density at radius 2 is 2.11 bits per heavy atom. The van der Waals surface area contributed by atoms with E-state index in [-0.39, 0.29) is 24.9 Å². The Balaban J connectivity index is 2.35. The molecule has 1 aliphatic rings. The predicted octanol–water partition coefficient (Wildman–Crippen LogP) is 0.444. The monoisotopic (exact) mass is 272 g/mol. The van der Waals surface area contributed by atoms with Crippen LogP contribution < -0.4 is 5.32 Å². The molecular weight excluding hydrogens is 252 g/mol. The van der Waals surface area contributed by atoms with Crippen molar-refractivity contribution < 1.29 is 24.2 Å². The lowest BCUT2D eigenvalue weighted by atomic mass is 10.0. The number of hydrogen-bond donors (Lipinski definition) is 2. The Morgan fingerprint density at radius 1 is 1.42 bits per heavy atom. The van der Waals surface area contributed by atoms with Gasteiger partial charge >= 0.3 is 12.0 Å². The molecule has 0 bridgehead atoms. The number of nitrogens with zero attached hydrogens (tertiary/aromatic N) is 1. The zero-order valence-electron chi connectivity index (χ0n) is 11.2. The molecule has 1 aliphatic heterocycles. The van der Waals surface area contributed by atoms with Gasteiger partial charge in [-0.15, -0.1) is 0 Å². The molecule has 1 heterocycles. The SMILES string of the molecule is CC(CC(=O)O)CC(=O)NC(=O)N1CCOC(C)C1. The van der Waals surface area contributed by atoms with Crippen LogP contribution in [0.5, 0.6) is 0 Å². The summed E-state index contributed by atoms with van der Waals surface area (Å²) in [6.45, 7) is 4.88. The first kappa shape index (κ1) is 15.4. The molecule has 7 heteroatoms. The molecule has 108 valence electrons. The summed E-state index contributed by atoms with van der Waals surface area (Å²) in [7, 11) is 0. The number of carbonyl (C=O) groups is 3. The molecular formula is C12H20N2O5. The Hall–Kier alpha value is -1.63. The summed E-state index contributed by atoms with van der Waals surface area (Å²) >= 11 is 0. The first-order chi connectivity index (χ1) is 8.88. The second-order valence-corrected chi connectivity index (χ2v) is 4.89. The highest BCUT2D eigenvalue weighted by Gasteiger charge is 2.23. The molecule has 19 heavy (non-hydrogen) atoms. The van der Waals surface area contributed by atoms with Gasteiger partial charge in [0.15, 0.2) is 0 Å². The number of urea groups is 1. The van der Waals surface area contributed by atoms with Crippen LogP contribution in [-0.4, -0.2) is 53.7 Å². The number of carboxylic acid groups (broad SMARTS) is 1. The highest BCUT2D eigenvalue weighted by atomic mass is 16.5. The van der Waals surface area contributed by atoms with Crippen molar-refractivity contribution in [3.05, 3.63) is 0 Å².